The molecule has 0 radical (unpaired) electrons. The molecule has 0 spiro atoms. The molecule has 0 aliphatic rings. The van der Waals surface area contributed by atoms with Crippen molar-refractivity contribution in [3.8, 4) is 0 Å². The number of hydrogen-bond acceptors (Lipinski definition) is 5. The second-order valence-corrected chi connectivity index (χ2v) is 5.47. The predicted octanol–water partition coefficient (Wildman–Crippen LogP) is 1.89. The van der Waals surface area contributed by atoms with Crippen LogP contribution in [0.25, 0.3) is 0 Å². The monoisotopic (exact) mass is 366 g/mol. The smallest absolute Gasteiger partial charge is 0.237 e. The van der Waals surface area contributed by atoms with Crippen LogP contribution in [0.1, 0.15) is 10.4 Å². The molecular formula is C13H17Cl2FN4OS. The van der Waals surface area contributed by atoms with E-state index in [1.165, 1.54) is 23.5 Å². The van der Waals surface area contributed by atoms with Gasteiger partial charge in [-0.15, -0.1) is 36.2 Å². The normalized spacial score (nSPS) is 11.0. The average Bonchev–Trinajstić information content (AvgIpc) is 2.84. The Hall–Kier alpha value is -1.41. The number of nitrogen functional groups attached to an aromatic ring is 1. The molecule has 1 unspecified atom stereocenters. The third kappa shape index (κ3) is 6.15. The van der Waals surface area contributed by atoms with Crippen LogP contribution >= 0.6 is 36.2 Å². The fourth-order valence-corrected chi connectivity index (χ4v) is 2.30. The first-order valence-electron chi connectivity index (χ1n) is 6.02. The van der Waals surface area contributed by atoms with Crippen molar-refractivity contribution < 1.29 is 9.18 Å². The van der Waals surface area contributed by atoms with E-state index in [0.717, 1.165) is 10.4 Å². The summed E-state index contributed by atoms with van der Waals surface area (Å²) in [6.07, 6.45) is 1.97. The van der Waals surface area contributed by atoms with Crippen LogP contribution in [0.2, 0.25) is 0 Å². The third-order valence-corrected chi connectivity index (χ3v) is 3.54. The highest BCUT2D eigenvalue weighted by Crippen LogP contribution is 2.13. The molecule has 1 aromatic carbocycles. The second-order valence-electron chi connectivity index (χ2n) is 4.32. The van der Waals surface area contributed by atoms with E-state index >= 15 is 0 Å². The molecule has 122 valence electrons. The topological polar surface area (TPSA) is 94.0 Å². The molecule has 5 nitrogen and oxygen atoms in total. The molecule has 1 heterocycles. The first-order chi connectivity index (χ1) is 9.54. The Morgan fingerprint density at radius 1 is 1.32 bits per heavy atom. The molecule has 0 saturated heterocycles. The molecule has 2 rings (SSSR count). The Balaban J connectivity index is 0.00000220. The average molecular weight is 367 g/mol. The van der Waals surface area contributed by atoms with Crippen molar-refractivity contribution in [1.29, 1.82) is 0 Å². The summed E-state index contributed by atoms with van der Waals surface area (Å²) in [5, 5.41) is 3.18. The molecule has 0 aliphatic heterocycles. The summed E-state index contributed by atoms with van der Waals surface area (Å²) in [4.78, 5) is 16.6. The maximum Gasteiger partial charge on any atom is 0.237 e. The highest BCUT2D eigenvalue weighted by molar-refractivity contribution is 7.15. The molecule has 5 N–H and O–H groups in total. The number of nitrogens with two attached hydrogens (primary N) is 2. The van der Waals surface area contributed by atoms with Crippen molar-refractivity contribution in [3.05, 3.63) is 46.7 Å². The van der Waals surface area contributed by atoms with Gasteiger partial charge in [-0.25, -0.2) is 9.37 Å². The standard InChI is InChI=1S/C13H15FN4OS.2ClH/c14-9-3-1-8(2-4-9)5-11(15)12(19)17-6-10-7-18-13(16)20-10;;/h1-4,7,11H,5-6,15H2,(H2,16,18)(H,17,19);2*1H. The molecular weight excluding hydrogens is 350 g/mol. The Morgan fingerprint density at radius 3 is 2.50 bits per heavy atom. The number of nitrogens with one attached hydrogen (secondary N) is 1. The minimum atomic E-state index is -0.675. The van der Waals surface area contributed by atoms with E-state index in [4.69, 9.17) is 11.5 Å². The summed E-state index contributed by atoms with van der Waals surface area (Å²) >= 11 is 1.32. The van der Waals surface area contributed by atoms with Crippen molar-refractivity contribution in [3.63, 3.8) is 0 Å². The molecule has 1 aromatic heterocycles. The fourth-order valence-electron chi connectivity index (χ4n) is 1.68. The van der Waals surface area contributed by atoms with Crippen molar-refractivity contribution in [2.75, 3.05) is 5.73 Å². The molecule has 9 heteroatoms. The zero-order valence-corrected chi connectivity index (χ0v) is 13.9. The second kappa shape index (κ2) is 9.58. The van der Waals surface area contributed by atoms with Gasteiger partial charge in [0, 0.05) is 11.1 Å². The van der Waals surface area contributed by atoms with Crippen LogP contribution in [0.5, 0.6) is 0 Å². The number of anilines is 1. The number of amides is 1. The Kier molecular flexibility index (Phi) is 8.96. The summed E-state index contributed by atoms with van der Waals surface area (Å²) in [6.45, 7) is 0.352. The summed E-state index contributed by atoms with van der Waals surface area (Å²) in [5.74, 6) is -0.573. The van der Waals surface area contributed by atoms with Gasteiger partial charge in [0.25, 0.3) is 0 Å². The predicted molar refractivity (Wildman–Crippen MR) is 90.9 cm³/mol. The molecule has 0 saturated carbocycles. The number of halogens is 3. The van der Waals surface area contributed by atoms with Crippen LogP contribution < -0.4 is 16.8 Å². The van der Waals surface area contributed by atoms with Crippen LogP contribution in [0.4, 0.5) is 9.52 Å². The Bertz CT molecular complexity index is 594. The van der Waals surface area contributed by atoms with E-state index in [1.54, 1.807) is 18.3 Å². The van der Waals surface area contributed by atoms with Crippen LogP contribution in [0.15, 0.2) is 30.5 Å². The molecule has 0 bridgehead atoms. The lowest BCUT2D eigenvalue weighted by Gasteiger charge is -2.11. The van der Waals surface area contributed by atoms with Crippen LogP contribution in [-0.2, 0) is 17.8 Å². The summed E-state index contributed by atoms with van der Waals surface area (Å²) in [7, 11) is 0. The quantitative estimate of drug-likeness (QED) is 0.752. The van der Waals surface area contributed by atoms with E-state index in [9.17, 15) is 9.18 Å². The van der Waals surface area contributed by atoms with Gasteiger partial charge >= 0.3 is 0 Å². The van der Waals surface area contributed by atoms with Gasteiger partial charge in [-0.3, -0.25) is 4.79 Å². The van der Waals surface area contributed by atoms with Gasteiger partial charge in [-0.05, 0) is 24.1 Å². The molecule has 2 aromatic rings. The number of carbonyl (C=O) groups is 1. The molecule has 0 fully saturated rings. The zero-order valence-electron chi connectivity index (χ0n) is 11.5. The minimum Gasteiger partial charge on any atom is -0.375 e. The minimum absolute atomic E-state index is 0. The summed E-state index contributed by atoms with van der Waals surface area (Å²) < 4.78 is 12.8. The first-order valence-corrected chi connectivity index (χ1v) is 6.84. The molecule has 1 amide bonds. The van der Waals surface area contributed by atoms with E-state index in [1.807, 2.05) is 0 Å². The Morgan fingerprint density at radius 2 is 1.95 bits per heavy atom. The third-order valence-electron chi connectivity index (χ3n) is 2.71. The maximum absolute atomic E-state index is 12.8. The van der Waals surface area contributed by atoms with E-state index in [0.29, 0.717) is 18.1 Å². The van der Waals surface area contributed by atoms with Crippen molar-refractivity contribution >= 4 is 47.2 Å². The first kappa shape index (κ1) is 20.6. The lowest BCUT2D eigenvalue weighted by atomic mass is 10.1. The van der Waals surface area contributed by atoms with Crippen LogP contribution in [-0.4, -0.2) is 16.9 Å². The lowest BCUT2D eigenvalue weighted by Crippen LogP contribution is -2.41. The van der Waals surface area contributed by atoms with E-state index in [-0.39, 0.29) is 36.5 Å². The van der Waals surface area contributed by atoms with Gasteiger partial charge in [-0.1, -0.05) is 12.1 Å². The van der Waals surface area contributed by atoms with Crippen molar-refractivity contribution in [2.24, 2.45) is 5.73 Å². The van der Waals surface area contributed by atoms with E-state index in [2.05, 4.69) is 10.3 Å². The molecule has 22 heavy (non-hydrogen) atoms. The SMILES string of the molecule is Cl.Cl.Nc1ncc(CNC(=O)C(N)Cc2ccc(F)cc2)s1. The van der Waals surface area contributed by atoms with Gasteiger partial charge < -0.3 is 16.8 Å². The van der Waals surface area contributed by atoms with E-state index < -0.39 is 6.04 Å². The van der Waals surface area contributed by atoms with Crippen molar-refractivity contribution in [1.82, 2.24) is 10.3 Å². The lowest BCUT2D eigenvalue weighted by molar-refractivity contribution is -0.122. The number of thiazole rings is 1. The van der Waals surface area contributed by atoms with Crippen molar-refractivity contribution in [2.45, 2.75) is 19.0 Å². The number of hydrogen-bond donors (Lipinski definition) is 3. The number of carbonyl (C=O) groups excluding carboxylic acids is 1. The molecule has 0 aliphatic carbocycles. The number of nitrogens with zero attached hydrogens (tertiary/aromatic N) is 1. The van der Waals surface area contributed by atoms with Gasteiger partial charge in [0.05, 0.1) is 12.6 Å². The maximum atomic E-state index is 12.8. The summed E-state index contributed by atoms with van der Waals surface area (Å²) in [6, 6.07) is 5.25. The van der Waals surface area contributed by atoms with Gasteiger partial charge in [0.1, 0.15) is 5.82 Å². The van der Waals surface area contributed by atoms with Crippen LogP contribution in [0, 0.1) is 5.82 Å². The highest BCUT2D eigenvalue weighted by atomic mass is 35.5. The van der Waals surface area contributed by atoms with Crippen LogP contribution in [0.3, 0.4) is 0 Å². The number of benzene rings is 1. The Labute approximate surface area is 144 Å². The number of rotatable bonds is 5. The fraction of sp³-hybridized carbons (Fsp3) is 0.231. The van der Waals surface area contributed by atoms with Gasteiger partial charge in [-0.2, -0.15) is 0 Å². The molecule has 1 atom stereocenters. The van der Waals surface area contributed by atoms with Gasteiger partial charge in [0.15, 0.2) is 5.13 Å². The highest BCUT2D eigenvalue weighted by Gasteiger charge is 2.14. The summed E-state index contributed by atoms with van der Waals surface area (Å²) in [5.41, 5.74) is 12.1. The largest absolute Gasteiger partial charge is 0.375 e. The zero-order chi connectivity index (χ0) is 14.5. The number of aromatic nitrogens is 1. The van der Waals surface area contributed by atoms with Gasteiger partial charge in [0.2, 0.25) is 5.91 Å².